The Morgan fingerprint density at radius 3 is 2.70 bits per heavy atom. The molecular formula is C18H23N3O2. The third-order valence-corrected chi connectivity index (χ3v) is 4.64. The number of carboxylic acid groups (broad SMARTS) is 1. The van der Waals surface area contributed by atoms with Crippen molar-refractivity contribution >= 4 is 5.97 Å². The fraction of sp³-hybridized carbons (Fsp3) is 0.444. The first-order valence-electron chi connectivity index (χ1n) is 8.07. The van der Waals surface area contributed by atoms with Crippen LogP contribution < -0.4 is 0 Å². The monoisotopic (exact) mass is 313 g/mol. The Bertz CT molecular complexity index is 691. The van der Waals surface area contributed by atoms with Gasteiger partial charge in [0.25, 0.3) is 0 Å². The van der Waals surface area contributed by atoms with E-state index in [-0.39, 0.29) is 0 Å². The van der Waals surface area contributed by atoms with Crippen molar-refractivity contribution in [1.29, 1.82) is 0 Å². The Kier molecular flexibility index (Phi) is 4.48. The smallest absolute Gasteiger partial charge is 0.335 e. The van der Waals surface area contributed by atoms with Gasteiger partial charge < -0.3 is 5.11 Å². The van der Waals surface area contributed by atoms with Crippen LogP contribution in [0.3, 0.4) is 0 Å². The second-order valence-corrected chi connectivity index (χ2v) is 6.41. The zero-order valence-electron chi connectivity index (χ0n) is 13.7. The molecule has 5 nitrogen and oxygen atoms in total. The molecule has 0 spiro atoms. The summed E-state index contributed by atoms with van der Waals surface area (Å²) in [6.45, 7) is 5.11. The van der Waals surface area contributed by atoms with Gasteiger partial charge >= 0.3 is 5.97 Å². The molecule has 1 aliphatic heterocycles. The van der Waals surface area contributed by atoms with Crippen molar-refractivity contribution in [1.82, 2.24) is 14.7 Å². The molecule has 0 aliphatic carbocycles. The molecule has 3 rings (SSSR count). The van der Waals surface area contributed by atoms with Crippen LogP contribution in [-0.2, 0) is 13.6 Å². The highest BCUT2D eigenvalue weighted by Gasteiger charge is 2.22. The lowest BCUT2D eigenvalue weighted by Gasteiger charge is -2.33. The van der Waals surface area contributed by atoms with E-state index in [0.717, 1.165) is 31.7 Å². The average Bonchev–Trinajstić information content (AvgIpc) is 2.85. The van der Waals surface area contributed by atoms with Crippen LogP contribution in [0.15, 0.2) is 30.5 Å². The maximum absolute atomic E-state index is 11.0. The summed E-state index contributed by atoms with van der Waals surface area (Å²) in [6, 6.07) is 7.35. The second kappa shape index (κ2) is 6.54. The first-order chi connectivity index (χ1) is 11.0. The molecule has 1 fully saturated rings. The Hall–Kier alpha value is -2.14. The molecule has 1 unspecified atom stereocenters. The predicted octanol–water partition coefficient (Wildman–Crippen LogP) is 2.81. The van der Waals surface area contributed by atoms with Crippen molar-refractivity contribution in [2.24, 2.45) is 7.05 Å². The summed E-state index contributed by atoms with van der Waals surface area (Å²) in [5.74, 6) is -0.391. The minimum Gasteiger partial charge on any atom is -0.478 e. The van der Waals surface area contributed by atoms with Crippen molar-refractivity contribution in [2.45, 2.75) is 32.2 Å². The molecule has 0 radical (unpaired) electrons. The van der Waals surface area contributed by atoms with E-state index in [4.69, 9.17) is 5.11 Å². The Morgan fingerprint density at radius 2 is 2.09 bits per heavy atom. The number of carboxylic acids is 1. The molecule has 1 aromatic carbocycles. The molecule has 122 valence electrons. The van der Waals surface area contributed by atoms with Gasteiger partial charge in [-0.3, -0.25) is 9.58 Å². The fourth-order valence-corrected chi connectivity index (χ4v) is 3.41. The van der Waals surface area contributed by atoms with E-state index in [0.29, 0.717) is 11.5 Å². The van der Waals surface area contributed by atoms with Crippen molar-refractivity contribution in [3.63, 3.8) is 0 Å². The fourth-order valence-electron chi connectivity index (χ4n) is 3.41. The van der Waals surface area contributed by atoms with Crippen molar-refractivity contribution in [3.05, 3.63) is 52.8 Å². The number of aromatic carboxylic acids is 1. The quantitative estimate of drug-likeness (QED) is 0.943. The molecule has 0 amide bonds. The molecule has 1 aliphatic rings. The molecule has 2 aromatic rings. The second-order valence-electron chi connectivity index (χ2n) is 6.41. The van der Waals surface area contributed by atoms with Crippen LogP contribution in [0.25, 0.3) is 0 Å². The molecule has 1 saturated heterocycles. The normalized spacial score (nSPS) is 19.0. The van der Waals surface area contributed by atoms with Crippen LogP contribution in [0.5, 0.6) is 0 Å². The lowest BCUT2D eigenvalue weighted by atomic mass is 9.90. The van der Waals surface area contributed by atoms with Gasteiger partial charge in [-0.05, 0) is 49.9 Å². The maximum Gasteiger partial charge on any atom is 0.335 e. The summed E-state index contributed by atoms with van der Waals surface area (Å²) in [5, 5.41) is 13.4. The zero-order valence-corrected chi connectivity index (χ0v) is 13.7. The highest BCUT2D eigenvalue weighted by atomic mass is 16.4. The lowest BCUT2D eigenvalue weighted by Crippen LogP contribution is -2.34. The third-order valence-electron chi connectivity index (χ3n) is 4.64. The molecule has 1 atom stereocenters. The van der Waals surface area contributed by atoms with Gasteiger partial charge in [-0.2, -0.15) is 5.10 Å². The van der Waals surface area contributed by atoms with E-state index in [2.05, 4.69) is 23.1 Å². The number of hydrogen-bond donors (Lipinski definition) is 1. The summed E-state index contributed by atoms with van der Waals surface area (Å²) in [7, 11) is 1.96. The summed E-state index contributed by atoms with van der Waals surface area (Å²) < 4.78 is 1.87. The van der Waals surface area contributed by atoms with Gasteiger partial charge in [-0.25, -0.2) is 4.79 Å². The van der Waals surface area contributed by atoms with Crippen LogP contribution in [-0.4, -0.2) is 38.8 Å². The Morgan fingerprint density at radius 1 is 1.35 bits per heavy atom. The van der Waals surface area contributed by atoms with Crippen LogP contribution in [0.2, 0.25) is 0 Å². The largest absolute Gasteiger partial charge is 0.478 e. The average molecular weight is 313 g/mol. The minimum absolute atomic E-state index is 0.354. The standard InChI is InChI=1S/C18H23N3O2/c1-13-17(10-20(2)19-13)12-21-9-3-4-16(11-21)14-5-7-15(8-6-14)18(22)23/h5-8,10,16H,3-4,9,11-12H2,1-2H3,(H,22,23). The van der Waals surface area contributed by atoms with E-state index in [9.17, 15) is 4.79 Å². The maximum atomic E-state index is 11.0. The predicted molar refractivity (Wildman–Crippen MR) is 88.6 cm³/mol. The molecule has 0 bridgehead atoms. The lowest BCUT2D eigenvalue weighted by molar-refractivity contribution is 0.0697. The van der Waals surface area contributed by atoms with E-state index in [1.165, 1.54) is 17.5 Å². The van der Waals surface area contributed by atoms with Crippen LogP contribution in [0, 0.1) is 6.92 Å². The molecule has 1 aromatic heterocycles. The van der Waals surface area contributed by atoms with Crippen molar-refractivity contribution in [2.75, 3.05) is 13.1 Å². The molecule has 2 heterocycles. The number of benzene rings is 1. The number of aryl methyl sites for hydroxylation is 2. The van der Waals surface area contributed by atoms with Gasteiger partial charge in [0.2, 0.25) is 0 Å². The Labute approximate surface area is 136 Å². The summed E-state index contributed by atoms with van der Waals surface area (Å²) >= 11 is 0. The minimum atomic E-state index is -0.867. The number of rotatable bonds is 4. The van der Waals surface area contributed by atoms with E-state index >= 15 is 0 Å². The van der Waals surface area contributed by atoms with Gasteiger partial charge in [-0.1, -0.05) is 12.1 Å². The number of likely N-dealkylation sites (tertiary alicyclic amines) is 1. The van der Waals surface area contributed by atoms with E-state index in [1.807, 2.05) is 23.9 Å². The summed E-state index contributed by atoms with van der Waals surface area (Å²) in [5.41, 5.74) is 3.98. The number of nitrogens with zero attached hydrogens (tertiary/aromatic N) is 3. The summed E-state index contributed by atoms with van der Waals surface area (Å²) in [6.07, 6.45) is 4.43. The van der Waals surface area contributed by atoms with E-state index in [1.54, 1.807) is 12.1 Å². The summed E-state index contributed by atoms with van der Waals surface area (Å²) in [4.78, 5) is 13.4. The molecule has 23 heavy (non-hydrogen) atoms. The van der Waals surface area contributed by atoms with Crippen LogP contribution in [0.4, 0.5) is 0 Å². The van der Waals surface area contributed by atoms with E-state index < -0.39 is 5.97 Å². The Balaban J connectivity index is 1.68. The molecule has 1 N–H and O–H groups in total. The van der Waals surface area contributed by atoms with Gasteiger partial charge in [0.1, 0.15) is 0 Å². The van der Waals surface area contributed by atoms with Crippen LogP contribution >= 0.6 is 0 Å². The topological polar surface area (TPSA) is 58.4 Å². The third kappa shape index (κ3) is 3.62. The first kappa shape index (κ1) is 15.7. The number of piperidine rings is 1. The van der Waals surface area contributed by atoms with Gasteiger partial charge in [0.15, 0.2) is 0 Å². The van der Waals surface area contributed by atoms with Gasteiger partial charge in [0.05, 0.1) is 11.3 Å². The molecule has 5 heteroatoms. The van der Waals surface area contributed by atoms with Crippen LogP contribution in [0.1, 0.15) is 45.9 Å². The zero-order chi connectivity index (χ0) is 16.4. The number of carbonyl (C=O) groups is 1. The number of aromatic nitrogens is 2. The van der Waals surface area contributed by atoms with Crippen molar-refractivity contribution < 1.29 is 9.90 Å². The first-order valence-corrected chi connectivity index (χ1v) is 8.07. The number of hydrogen-bond acceptors (Lipinski definition) is 3. The SMILES string of the molecule is Cc1nn(C)cc1CN1CCCC(c2ccc(C(=O)O)cc2)C1. The van der Waals surface area contributed by atoms with Crippen molar-refractivity contribution in [3.8, 4) is 0 Å². The highest BCUT2D eigenvalue weighted by molar-refractivity contribution is 5.87. The highest BCUT2D eigenvalue weighted by Crippen LogP contribution is 2.28. The molecule has 0 saturated carbocycles. The molecular weight excluding hydrogens is 290 g/mol. The van der Waals surface area contributed by atoms with Gasteiger partial charge in [0, 0.05) is 31.9 Å². The van der Waals surface area contributed by atoms with Gasteiger partial charge in [-0.15, -0.1) is 0 Å².